The van der Waals surface area contributed by atoms with Gasteiger partial charge in [-0.3, -0.25) is 19.4 Å². The van der Waals surface area contributed by atoms with Gasteiger partial charge in [0.15, 0.2) is 0 Å². The first-order chi connectivity index (χ1) is 15.7. The molecule has 0 unspecified atom stereocenters. The molecule has 1 aliphatic heterocycles. The van der Waals surface area contributed by atoms with Crippen molar-refractivity contribution in [2.24, 2.45) is 10.7 Å². The van der Waals surface area contributed by atoms with Crippen LogP contribution in [0, 0.1) is 0 Å². The Bertz CT molecular complexity index is 1170. The Kier molecular flexibility index (Phi) is 7.82. The van der Waals surface area contributed by atoms with Crippen LogP contribution in [0.3, 0.4) is 0 Å². The van der Waals surface area contributed by atoms with E-state index in [4.69, 9.17) is 17.3 Å². The summed E-state index contributed by atoms with van der Waals surface area (Å²) in [5.74, 6) is -0.676. The van der Waals surface area contributed by atoms with Crippen molar-refractivity contribution >= 4 is 46.7 Å². The number of primary amides is 1. The molecule has 0 atom stereocenters. The summed E-state index contributed by atoms with van der Waals surface area (Å²) in [4.78, 5) is 42.3. The van der Waals surface area contributed by atoms with Gasteiger partial charge in [0, 0.05) is 46.8 Å². The maximum absolute atomic E-state index is 13.2. The van der Waals surface area contributed by atoms with E-state index in [0.29, 0.717) is 30.0 Å². The number of ketones is 1. The molecule has 0 aromatic heterocycles. The molecule has 6 nitrogen and oxygen atoms in total. The lowest BCUT2D eigenvalue weighted by Crippen LogP contribution is -2.39. The van der Waals surface area contributed by atoms with Gasteiger partial charge in [0.2, 0.25) is 5.91 Å². The number of fused-ring (bicyclic) bond motifs is 1. The molecule has 0 saturated carbocycles. The predicted molar refractivity (Wildman–Crippen MR) is 133 cm³/mol. The van der Waals surface area contributed by atoms with Crippen molar-refractivity contribution in [2.45, 2.75) is 40.0 Å². The van der Waals surface area contributed by atoms with E-state index in [1.54, 1.807) is 6.92 Å². The number of hydrogen-bond donors (Lipinski definition) is 1. The number of halogens is 1. The minimum absolute atomic E-state index is 0.0767. The minimum Gasteiger partial charge on any atom is -0.368 e. The lowest BCUT2D eigenvalue weighted by atomic mass is 9.98. The Labute approximate surface area is 199 Å². The van der Waals surface area contributed by atoms with Crippen molar-refractivity contribution in [3.63, 3.8) is 0 Å². The van der Waals surface area contributed by atoms with Crippen LogP contribution < -0.4 is 5.73 Å². The number of aliphatic imine (C=N–C) groups is 1. The van der Waals surface area contributed by atoms with Crippen molar-refractivity contribution in [2.75, 3.05) is 13.1 Å². The average Bonchev–Trinajstić information content (AvgIpc) is 2.89. The summed E-state index contributed by atoms with van der Waals surface area (Å²) in [6.45, 7) is 5.71. The number of carbonyl (C=O) groups excluding carboxylic acids is 3. The van der Waals surface area contributed by atoms with Crippen LogP contribution in [-0.2, 0) is 20.8 Å². The van der Waals surface area contributed by atoms with Crippen LogP contribution >= 0.6 is 11.6 Å². The third kappa shape index (κ3) is 6.17. The maximum atomic E-state index is 13.2. The number of Topliss-reactive ketones (excluding diaryl/α,β-unsaturated/α-hetero) is 1. The van der Waals surface area contributed by atoms with Gasteiger partial charge in [0.1, 0.15) is 5.78 Å². The molecule has 2 amide bonds. The van der Waals surface area contributed by atoms with Gasteiger partial charge in [-0.15, -0.1) is 0 Å². The summed E-state index contributed by atoms with van der Waals surface area (Å²) < 4.78 is 0. The third-order valence-corrected chi connectivity index (χ3v) is 5.63. The third-order valence-electron chi connectivity index (χ3n) is 5.31. The Morgan fingerprint density at radius 1 is 1.15 bits per heavy atom. The van der Waals surface area contributed by atoms with Crippen LogP contribution in [0.4, 0.5) is 5.69 Å². The molecule has 172 valence electrons. The summed E-state index contributed by atoms with van der Waals surface area (Å²) in [5.41, 5.74) is 10.9. The van der Waals surface area contributed by atoms with Crippen molar-refractivity contribution in [3.05, 3.63) is 58.1 Å². The molecule has 3 rings (SSSR count). The van der Waals surface area contributed by atoms with Crippen molar-refractivity contribution < 1.29 is 14.4 Å². The van der Waals surface area contributed by atoms with Gasteiger partial charge in [-0.1, -0.05) is 36.7 Å². The molecule has 1 aliphatic rings. The van der Waals surface area contributed by atoms with E-state index < -0.39 is 5.91 Å². The first-order valence-electron chi connectivity index (χ1n) is 10.9. The van der Waals surface area contributed by atoms with E-state index >= 15 is 0 Å². The zero-order valence-electron chi connectivity index (χ0n) is 19.2. The maximum Gasteiger partial charge on any atom is 0.250 e. The molecule has 2 N–H and O–H groups in total. The van der Waals surface area contributed by atoms with Gasteiger partial charge in [0.25, 0.3) is 5.91 Å². The first-order valence-corrected chi connectivity index (χ1v) is 11.3. The van der Waals surface area contributed by atoms with E-state index in [-0.39, 0.29) is 18.2 Å². The molecule has 2 aromatic carbocycles. The van der Waals surface area contributed by atoms with Crippen molar-refractivity contribution in [3.8, 4) is 11.1 Å². The highest BCUT2D eigenvalue weighted by molar-refractivity contribution is 6.33. The quantitative estimate of drug-likeness (QED) is 0.610. The van der Waals surface area contributed by atoms with Crippen LogP contribution in [0.2, 0.25) is 5.02 Å². The highest BCUT2D eigenvalue weighted by atomic mass is 35.5. The van der Waals surface area contributed by atoms with E-state index in [0.717, 1.165) is 40.1 Å². The van der Waals surface area contributed by atoms with E-state index in [1.165, 1.54) is 4.90 Å². The fraction of sp³-hybridized carbons (Fsp3) is 0.308. The predicted octanol–water partition coefficient (Wildman–Crippen LogP) is 4.74. The highest BCUT2D eigenvalue weighted by Gasteiger charge is 2.22. The molecule has 0 bridgehead atoms. The van der Waals surface area contributed by atoms with Crippen LogP contribution in [0.1, 0.15) is 44.7 Å². The number of carbonyl (C=O) groups is 3. The SMILES string of the molecule is CCCN(CC(N)=O)C(=O)C1=Cc2cc(-c3ccc(CC(C)=O)cc3Cl)ccc2N=C(C)C1. The number of rotatable bonds is 8. The Hall–Kier alpha value is -3.25. The fourth-order valence-corrected chi connectivity index (χ4v) is 4.25. The number of amides is 2. The van der Waals surface area contributed by atoms with Gasteiger partial charge in [0.05, 0.1) is 12.2 Å². The van der Waals surface area contributed by atoms with Gasteiger partial charge in [-0.05, 0) is 55.7 Å². The lowest BCUT2D eigenvalue weighted by molar-refractivity contribution is -0.132. The van der Waals surface area contributed by atoms with Gasteiger partial charge in [-0.2, -0.15) is 0 Å². The van der Waals surface area contributed by atoms with Crippen LogP contribution in [0.25, 0.3) is 17.2 Å². The largest absolute Gasteiger partial charge is 0.368 e. The summed E-state index contributed by atoms with van der Waals surface area (Å²) in [7, 11) is 0. The summed E-state index contributed by atoms with van der Waals surface area (Å²) in [5, 5.41) is 0.554. The van der Waals surface area contributed by atoms with Gasteiger partial charge in [-0.25, -0.2) is 0 Å². The molecule has 0 fully saturated rings. The smallest absolute Gasteiger partial charge is 0.250 e. The summed E-state index contributed by atoms with van der Waals surface area (Å²) in [6, 6.07) is 11.4. The Morgan fingerprint density at radius 3 is 2.55 bits per heavy atom. The van der Waals surface area contributed by atoms with Crippen molar-refractivity contribution in [1.82, 2.24) is 4.90 Å². The minimum atomic E-state index is -0.540. The lowest BCUT2D eigenvalue weighted by Gasteiger charge is -2.21. The van der Waals surface area contributed by atoms with Gasteiger partial charge < -0.3 is 10.6 Å². The summed E-state index contributed by atoms with van der Waals surface area (Å²) in [6.07, 6.45) is 3.29. The molecule has 0 spiro atoms. The molecule has 0 aliphatic carbocycles. The van der Waals surface area contributed by atoms with Crippen LogP contribution in [0.5, 0.6) is 0 Å². The molecule has 0 radical (unpaired) electrons. The second-order valence-corrected chi connectivity index (χ2v) is 8.76. The summed E-state index contributed by atoms with van der Waals surface area (Å²) >= 11 is 6.53. The van der Waals surface area contributed by atoms with E-state index in [9.17, 15) is 14.4 Å². The molecule has 7 heteroatoms. The fourth-order valence-electron chi connectivity index (χ4n) is 3.94. The number of hydrogen-bond acceptors (Lipinski definition) is 4. The molecular formula is C26H28ClN3O3. The van der Waals surface area contributed by atoms with Crippen LogP contribution in [-0.4, -0.2) is 41.3 Å². The zero-order chi connectivity index (χ0) is 24.1. The van der Waals surface area contributed by atoms with Gasteiger partial charge >= 0.3 is 0 Å². The van der Waals surface area contributed by atoms with Crippen LogP contribution in [0.15, 0.2) is 47.0 Å². The average molecular weight is 466 g/mol. The molecular weight excluding hydrogens is 438 g/mol. The molecule has 1 heterocycles. The van der Waals surface area contributed by atoms with E-state index in [1.807, 2.05) is 56.3 Å². The van der Waals surface area contributed by atoms with E-state index in [2.05, 4.69) is 4.99 Å². The second kappa shape index (κ2) is 10.6. The zero-order valence-corrected chi connectivity index (χ0v) is 19.9. The topological polar surface area (TPSA) is 92.8 Å². The monoisotopic (exact) mass is 465 g/mol. The Morgan fingerprint density at radius 2 is 1.91 bits per heavy atom. The van der Waals surface area contributed by atoms with Crippen molar-refractivity contribution in [1.29, 1.82) is 0 Å². The molecule has 33 heavy (non-hydrogen) atoms. The number of nitrogens with two attached hydrogens (primary N) is 1. The normalized spacial score (nSPS) is 12.8. The number of benzene rings is 2. The first kappa shape index (κ1) is 24.4. The standard InChI is InChI=1S/C26H28ClN3O3/c1-4-9-30(15-25(28)32)26(33)21-10-16(2)29-24-8-6-19(13-20(24)14-21)22-7-5-18(11-17(3)31)12-23(22)27/h5-8,12-14H,4,9-11,15H2,1-3H3,(H2,28,32). The molecule has 2 aromatic rings. The second-order valence-electron chi connectivity index (χ2n) is 8.35. The highest BCUT2D eigenvalue weighted by Crippen LogP contribution is 2.35. The molecule has 0 saturated heterocycles. The Balaban J connectivity index is 2.01. The number of nitrogens with zero attached hydrogens (tertiary/aromatic N) is 2.